The van der Waals surface area contributed by atoms with Gasteiger partial charge >= 0.3 is 0 Å². The summed E-state index contributed by atoms with van der Waals surface area (Å²) in [6.07, 6.45) is -0.251. The van der Waals surface area contributed by atoms with Crippen LogP contribution in [0.2, 0.25) is 0 Å². The molecule has 118 valence electrons. The van der Waals surface area contributed by atoms with Crippen LogP contribution in [0.1, 0.15) is 12.0 Å². The molecule has 0 fully saturated rings. The van der Waals surface area contributed by atoms with Gasteiger partial charge in [0, 0.05) is 12.2 Å². The molecule has 0 bridgehead atoms. The van der Waals surface area contributed by atoms with Crippen molar-refractivity contribution in [2.24, 2.45) is 0 Å². The molecule has 0 saturated carbocycles. The molecule has 2 rings (SSSR count). The molecule has 0 atom stereocenters. The Hall–Kier alpha value is -2.69. The number of nitrogens with one attached hydrogen (secondary N) is 2. The summed E-state index contributed by atoms with van der Waals surface area (Å²) in [7, 11) is -3.63. The van der Waals surface area contributed by atoms with E-state index in [4.69, 9.17) is 5.26 Å². The highest BCUT2D eigenvalue weighted by molar-refractivity contribution is 7.89. The lowest BCUT2D eigenvalue weighted by Crippen LogP contribution is -2.23. The average Bonchev–Trinajstić information content (AvgIpc) is 2.55. The van der Waals surface area contributed by atoms with E-state index >= 15 is 0 Å². The highest BCUT2D eigenvalue weighted by Gasteiger charge is 2.13. The lowest BCUT2D eigenvalue weighted by molar-refractivity contribution is -0.115. The second kappa shape index (κ2) is 7.54. The van der Waals surface area contributed by atoms with E-state index in [1.807, 2.05) is 30.3 Å². The number of amides is 1. The van der Waals surface area contributed by atoms with Gasteiger partial charge in [-0.2, -0.15) is 5.26 Å². The van der Waals surface area contributed by atoms with Crippen molar-refractivity contribution in [3.8, 4) is 6.07 Å². The molecule has 2 aromatic carbocycles. The van der Waals surface area contributed by atoms with Crippen LogP contribution in [0.15, 0.2) is 59.5 Å². The van der Waals surface area contributed by atoms with Gasteiger partial charge in [0.2, 0.25) is 15.9 Å². The molecule has 0 aliphatic heterocycles. The van der Waals surface area contributed by atoms with Crippen molar-refractivity contribution < 1.29 is 13.2 Å². The fourth-order valence-electron chi connectivity index (χ4n) is 1.85. The molecule has 2 N–H and O–H groups in total. The van der Waals surface area contributed by atoms with E-state index in [-0.39, 0.29) is 17.9 Å². The molecular weight excluding hydrogens is 314 g/mol. The van der Waals surface area contributed by atoms with E-state index in [1.165, 1.54) is 24.3 Å². The number of nitrogens with zero attached hydrogens (tertiary/aromatic N) is 1. The third-order valence-electron chi connectivity index (χ3n) is 3.00. The minimum absolute atomic E-state index is 0.103. The molecule has 0 spiro atoms. The second-order valence-corrected chi connectivity index (χ2v) is 6.48. The van der Waals surface area contributed by atoms with Gasteiger partial charge in [-0.05, 0) is 29.8 Å². The minimum atomic E-state index is -3.63. The molecule has 7 heteroatoms. The quantitative estimate of drug-likeness (QED) is 0.847. The van der Waals surface area contributed by atoms with Crippen molar-refractivity contribution >= 4 is 21.6 Å². The van der Waals surface area contributed by atoms with E-state index < -0.39 is 15.9 Å². The predicted molar refractivity (Wildman–Crippen MR) is 85.8 cm³/mol. The van der Waals surface area contributed by atoms with Gasteiger partial charge in [-0.15, -0.1) is 0 Å². The first-order valence-corrected chi connectivity index (χ1v) is 8.30. The van der Waals surface area contributed by atoms with Crippen molar-refractivity contribution in [1.29, 1.82) is 5.26 Å². The van der Waals surface area contributed by atoms with Crippen LogP contribution in [0.5, 0.6) is 0 Å². The van der Waals surface area contributed by atoms with Crippen molar-refractivity contribution in [3.63, 3.8) is 0 Å². The zero-order valence-electron chi connectivity index (χ0n) is 12.2. The molecule has 1 amide bonds. The molecule has 0 unspecified atom stereocenters. The molecular formula is C16H15N3O3S. The van der Waals surface area contributed by atoms with Crippen molar-refractivity contribution in [2.75, 3.05) is 5.32 Å². The standard InChI is InChI=1S/C16H15N3O3S/c17-11-10-16(20)19-14-6-8-15(9-7-14)23(21,22)18-12-13-4-2-1-3-5-13/h1-9,18H,10,12H2,(H,19,20). The Labute approximate surface area is 134 Å². The summed E-state index contributed by atoms with van der Waals surface area (Å²) in [5, 5.41) is 10.9. The summed E-state index contributed by atoms with van der Waals surface area (Å²) in [6, 6.07) is 16.7. The molecule has 23 heavy (non-hydrogen) atoms. The number of nitriles is 1. The lowest BCUT2D eigenvalue weighted by Gasteiger charge is -2.08. The third kappa shape index (κ3) is 4.92. The number of benzene rings is 2. The lowest BCUT2D eigenvalue weighted by atomic mass is 10.2. The Kier molecular flexibility index (Phi) is 5.46. The second-order valence-electron chi connectivity index (χ2n) is 4.72. The first kappa shape index (κ1) is 16.7. The highest BCUT2D eigenvalue weighted by Crippen LogP contribution is 2.14. The Morgan fingerprint density at radius 3 is 2.30 bits per heavy atom. The summed E-state index contributed by atoms with van der Waals surface area (Å²) in [4.78, 5) is 11.4. The van der Waals surface area contributed by atoms with Crippen molar-refractivity contribution in [3.05, 3.63) is 60.2 Å². The molecule has 0 saturated heterocycles. The fourth-order valence-corrected chi connectivity index (χ4v) is 2.87. The number of carbonyl (C=O) groups excluding carboxylic acids is 1. The minimum Gasteiger partial charge on any atom is -0.325 e. The zero-order chi connectivity index (χ0) is 16.7. The summed E-state index contributed by atoms with van der Waals surface area (Å²) in [6.45, 7) is 0.198. The Balaban J connectivity index is 2.03. The van der Waals surface area contributed by atoms with Crippen LogP contribution in [0.4, 0.5) is 5.69 Å². The van der Waals surface area contributed by atoms with Crippen LogP contribution in [-0.2, 0) is 21.4 Å². The van der Waals surface area contributed by atoms with Gasteiger partial charge < -0.3 is 5.32 Å². The molecule has 0 aromatic heterocycles. The highest BCUT2D eigenvalue weighted by atomic mass is 32.2. The summed E-state index contributed by atoms with van der Waals surface area (Å²) in [5.41, 5.74) is 1.30. The van der Waals surface area contributed by atoms with E-state index in [0.717, 1.165) is 5.56 Å². The van der Waals surface area contributed by atoms with Crippen LogP contribution in [0.25, 0.3) is 0 Å². The maximum atomic E-state index is 12.2. The van der Waals surface area contributed by atoms with Crippen LogP contribution in [0, 0.1) is 11.3 Å². The largest absolute Gasteiger partial charge is 0.325 e. The Morgan fingerprint density at radius 2 is 1.70 bits per heavy atom. The maximum absolute atomic E-state index is 12.2. The van der Waals surface area contributed by atoms with Crippen LogP contribution in [-0.4, -0.2) is 14.3 Å². The number of carbonyl (C=O) groups is 1. The monoisotopic (exact) mass is 329 g/mol. The number of anilines is 1. The smallest absolute Gasteiger partial charge is 0.240 e. The van der Waals surface area contributed by atoms with Gasteiger partial charge in [0.05, 0.1) is 11.0 Å². The average molecular weight is 329 g/mol. The van der Waals surface area contributed by atoms with Gasteiger partial charge in [0.25, 0.3) is 0 Å². The molecule has 6 nitrogen and oxygen atoms in total. The van der Waals surface area contributed by atoms with Gasteiger partial charge in [-0.25, -0.2) is 13.1 Å². The van der Waals surface area contributed by atoms with Crippen LogP contribution >= 0.6 is 0 Å². The zero-order valence-corrected chi connectivity index (χ0v) is 13.0. The van der Waals surface area contributed by atoms with E-state index in [0.29, 0.717) is 5.69 Å². The predicted octanol–water partition coefficient (Wildman–Crippen LogP) is 2.02. The Bertz CT molecular complexity index is 810. The van der Waals surface area contributed by atoms with Gasteiger partial charge in [-0.1, -0.05) is 30.3 Å². The molecule has 0 aliphatic carbocycles. The van der Waals surface area contributed by atoms with Crippen molar-refractivity contribution in [2.45, 2.75) is 17.9 Å². The summed E-state index contributed by atoms with van der Waals surface area (Å²) >= 11 is 0. The Morgan fingerprint density at radius 1 is 1.04 bits per heavy atom. The topological polar surface area (TPSA) is 99.1 Å². The fraction of sp³-hybridized carbons (Fsp3) is 0.125. The first-order valence-electron chi connectivity index (χ1n) is 6.82. The van der Waals surface area contributed by atoms with E-state index in [9.17, 15) is 13.2 Å². The van der Waals surface area contributed by atoms with Gasteiger partial charge in [0.15, 0.2) is 0 Å². The maximum Gasteiger partial charge on any atom is 0.240 e. The summed E-state index contributed by atoms with van der Waals surface area (Å²) in [5.74, 6) is -0.440. The number of hydrogen-bond acceptors (Lipinski definition) is 4. The first-order chi connectivity index (χ1) is 11.0. The van der Waals surface area contributed by atoms with E-state index in [1.54, 1.807) is 6.07 Å². The SMILES string of the molecule is N#CCC(=O)Nc1ccc(S(=O)(=O)NCc2ccccc2)cc1. The third-order valence-corrected chi connectivity index (χ3v) is 4.41. The van der Waals surface area contributed by atoms with Gasteiger partial charge in [0.1, 0.15) is 6.42 Å². The number of sulfonamides is 1. The van der Waals surface area contributed by atoms with Crippen molar-refractivity contribution in [1.82, 2.24) is 4.72 Å². The van der Waals surface area contributed by atoms with Crippen LogP contribution < -0.4 is 10.0 Å². The van der Waals surface area contributed by atoms with E-state index in [2.05, 4.69) is 10.0 Å². The number of rotatable bonds is 6. The molecule has 0 heterocycles. The van der Waals surface area contributed by atoms with Crippen LogP contribution in [0.3, 0.4) is 0 Å². The summed E-state index contributed by atoms with van der Waals surface area (Å²) < 4.78 is 26.9. The normalized spacial score (nSPS) is 10.7. The number of hydrogen-bond donors (Lipinski definition) is 2. The molecule has 0 aliphatic rings. The molecule has 2 aromatic rings. The molecule has 0 radical (unpaired) electrons. The van der Waals surface area contributed by atoms with Gasteiger partial charge in [-0.3, -0.25) is 4.79 Å².